The van der Waals surface area contributed by atoms with Gasteiger partial charge in [-0.05, 0) is 30.3 Å². The van der Waals surface area contributed by atoms with Crippen LogP contribution in [0.5, 0.6) is 11.5 Å². The molecule has 1 N–H and O–H groups in total. The molecule has 0 amide bonds. The molecule has 0 aromatic heterocycles. The lowest BCUT2D eigenvalue weighted by Crippen LogP contribution is -2.13. The predicted molar refractivity (Wildman–Crippen MR) is 89.5 cm³/mol. The number of ether oxygens (including phenoxy) is 3. The van der Waals surface area contributed by atoms with Gasteiger partial charge in [0.25, 0.3) is 0 Å². The van der Waals surface area contributed by atoms with Gasteiger partial charge in [-0.15, -0.1) is 0 Å². The Morgan fingerprint density at radius 2 is 1.83 bits per heavy atom. The molecule has 2 aromatic rings. The van der Waals surface area contributed by atoms with Crippen molar-refractivity contribution >= 4 is 17.6 Å². The van der Waals surface area contributed by atoms with Gasteiger partial charge in [-0.2, -0.15) is 0 Å². The third kappa shape index (κ3) is 5.01. The van der Waals surface area contributed by atoms with Gasteiger partial charge < -0.3 is 19.5 Å². The van der Waals surface area contributed by atoms with Gasteiger partial charge in [0.2, 0.25) is 0 Å². The molecule has 2 aromatic carbocycles. The summed E-state index contributed by atoms with van der Waals surface area (Å²) in [6, 6.07) is 14.3. The van der Waals surface area contributed by atoms with Crippen LogP contribution in [-0.2, 0) is 9.53 Å². The van der Waals surface area contributed by atoms with Crippen molar-refractivity contribution in [2.24, 2.45) is 0 Å². The summed E-state index contributed by atoms with van der Waals surface area (Å²) in [4.78, 5) is 22.9. The molecular formula is C18H19NO5. The minimum Gasteiger partial charge on any atom is -0.492 e. The van der Waals surface area contributed by atoms with Crippen molar-refractivity contribution in [3.63, 3.8) is 0 Å². The van der Waals surface area contributed by atoms with Crippen molar-refractivity contribution in [3.05, 3.63) is 54.1 Å². The Hall–Kier alpha value is -3.02. The highest BCUT2D eigenvalue weighted by Gasteiger charge is 2.15. The second-order valence-corrected chi connectivity index (χ2v) is 4.88. The number of benzene rings is 2. The summed E-state index contributed by atoms with van der Waals surface area (Å²) >= 11 is 0. The fourth-order valence-electron chi connectivity index (χ4n) is 2.03. The summed E-state index contributed by atoms with van der Waals surface area (Å²) in [5, 5.41) is 3.14. The Balaban J connectivity index is 1.97. The van der Waals surface area contributed by atoms with Gasteiger partial charge in [-0.3, -0.25) is 4.79 Å². The first-order valence-corrected chi connectivity index (χ1v) is 7.42. The average molecular weight is 329 g/mol. The van der Waals surface area contributed by atoms with Gasteiger partial charge in [0.05, 0.1) is 7.11 Å². The number of rotatable bonds is 7. The van der Waals surface area contributed by atoms with E-state index in [1.54, 1.807) is 18.2 Å². The number of nitrogens with one attached hydrogen (secondary N) is 1. The molecule has 0 heterocycles. The van der Waals surface area contributed by atoms with Crippen LogP contribution in [-0.4, -0.2) is 32.2 Å². The van der Waals surface area contributed by atoms with Gasteiger partial charge >= 0.3 is 11.9 Å². The fourth-order valence-corrected chi connectivity index (χ4v) is 2.03. The van der Waals surface area contributed by atoms with Crippen molar-refractivity contribution < 1.29 is 23.8 Å². The van der Waals surface area contributed by atoms with Crippen LogP contribution in [0.3, 0.4) is 0 Å². The molecule has 0 unspecified atom stereocenters. The highest BCUT2D eigenvalue weighted by molar-refractivity contribution is 5.94. The van der Waals surface area contributed by atoms with Crippen molar-refractivity contribution in [1.82, 2.24) is 0 Å². The molecule has 24 heavy (non-hydrogen) atoms. The van der Waals surface area contributed by atoms with Crippen molar-refractivity contribution in [2.45, 2.75) is 6.92 Å². The van der Waals surface area contributed by atoms with E-state index in [9.17, 15) is 9.59 Å². The Labute approximate surface area is 140 Å². The molecule has 0 spiro atoms. The largest absolute Gasteiger partial charge is 0.492 e. The zero-order valence-corrected chi connectivity index (χ0v) is 13.6. The van der Waals surface area contributed by atoms with Gasteiger partial charge in [0.1, 0.15) is 23.7 Å². The number of anilines is 1. The molecule has 0 atom stereocenters. The molecule has 0 saturated carbocycles. The minimum atomic E-state index is -0.574. The van der Waals surface area contributed by atoms with Crippen LogP contribution < -0.4 is 14.8 Å². The van der Waals surface area contributed by atoms with E-state index in [4.69, 9.17) is 14.2 Å². The average Bonchev–Trinajstić information content (AvgIpc) is 2.59. The summed E-state index contributed by atoms with van der Waals surface area (Å²) in [7, 11) is 1.27. The predicted octanol–water partition coefficient (Wildman–Crippen LogP) is 2.89. The lowest BCUT2D eigenvalue weighted by Gasteiger charge is -2.12. The summed E-state index contributed by atoms with van der Waals surface area (Å²) in [6.45, 7) is 2.28. The third-order valence-corrected chi connectivity index (χ3v) is 3.08. The quantitative estimate of drug-likeness (QED) is 0.478. The molecule has 0 aliphatic carbocycles. The molecular weight excluding hydrogens is 310 g/mol. The lowest BCUT2D eigenvalue weighted by molar-refractivity contribution is -0.131. The van der Waals surface area contributed by atoms with E-state index in [2.05, 4.69) is 5.32 Å². The van der Waals surface area contributed by atoms with E-state index in [0.717, 1.165) is 5.75 Å². The van der Waals surface area contributed by atoms with E-state index in [-0.39, 0.29) is 11.3 Å². The molecule has 126 valence electrons. The Kier molecular flexibility index (Phi) is 6.19. The molecule has 0 aliphatic rings. The zero-order chi connectivity index (χ0) is 17.4. The van der Waals surface area contributed by atoms with E-state index >= 15 is 0 Å². The monoisotopic (exact) mass is 329 g/mol. The fraction of sp³-hybridized carbons (Fsp3) is 0.222. The first-order valence-electron chi connectivity index (χ1n) is 7.42. The number of carbonyl (C=O) groups excluding carboxylic acids is 2. The van der Waals surface area contributed by atoms with Crippen LogP contribution in [0.4, 0.5) is 5.69 Å². The second kappa shape index (κ2) is 8.57. The Morgan fingerprint density at radius 3 is 2.50 bits per heavy atom. The molecule has 6 heteroatoms. The number of hydrogen-bond donors (Lipinski definition) is 1. The van der Waals surface area contributed by atoms with Crippen LogP contribution >= 0.6 is 0 Å². The Morgan fingerprint density at radius 1 is 1.08 bits per heavy atom. The topological polar surface area (TPSA) is 73.9 Å². The van der Waals surface area contributed by atoms with Crippen molar-refractivity contribution in [2.75, 3.05) is 25.6 Å². The van der Waals surface area contributed by atoms with E-state index in [0.29, 0.717) is 18.8 Å². The van der Waals surface area contributed by atoms with E-state index in [1.807, 2.05) is 30.3 Å². The van der Waals surface area contributed by atoms with Crippen LogP contribution in [0.15, 0.2) is 48.5 Å². The zero-order valence-electron chi connectivity index (χ0n) is 13.6. The number of hydrogen-bond acceptors (Lipinski definition) is 6. The second-order valence-electron chi connectivity index (χ2n) is 4.88. The third-order valence-electron chi connectivity index (χ3n) is 3.08. The number of carbonyl (C=O) groups is 2. The molecule has 0 radical (unpaired) electrons. The highest BCUT2D eigenvalue weighted by atomic mass is 16.5. The van der Waals surface area contributed by atoms with Crippen LogP contribution in [0.1, 0.15) is 17.3 Å². The molecule has 0 fully saturated rings. The smallest absolute Gasteiger partial charge is 0.341 e. The van der Waals surface area contributed by atoms with Gasteiger partial charge in [0, 0.05) is 19.2 Å². The molecule has 0 bridgehead atoms. The molecule has 2 rings (SSSR count). The molecule has 0 saturated heterocycles. The maximum atomic E-state index is 11.8. The van der Waals surface area contributed by atoms with E-state index < -0.39 is 11.9 Å². The summed E-state index contributed by atoms with van der Waals surface area (Å²) in [5.41, 5.74) is 0.879. The summed E-state index contributed by atoms with van der Waals surface area (Å²) < 4.78 is 15.3. The SMILES string of the molecule is COC(=O)c1cc(NCCOc2ccccc2)ccc1OC(C)=O. The van der Waals surface area contributed by atoms with Crippen molar-refractivity contribution in [1.29, 1.82) is 0 Å². The normalized spacial score (nSPS) is 9.92. The van der Waals surface area contributed by atoms with Crippen molar-refractivity contribution in [3.8, 4) is 11.5 Å². The number of para-hydroxylation sites is 1. The summed E-state index contributed by atoms with van der Waals surface area (Å²) in [6.07, 6.45) is 0. The lowest BCUT2D eigenvalue weighted by atomic mass is 10.1. The first-order chi connectivity index (χ1) is 11.6. The maximum Gasteiger partial charge on any atom is 0.341 e. The number of methoxy groups -OCH3 is 1. The van der Waals surface area contributed by atoms with Crippen LogP contribution in [0.25, 0.3) is 0 Å². The minimum absolute atomic E-state index is 0.167. The standard InChI is InChI=1S/C18H19NO5/c1-13(20)24-17-9-8-14(12-16(17)18(21)22-2)19-10-11-23-15-6-4-3-5-7-15/h3-9,12,19H,10-11H2,1-2H3. The molecule has 6 nitrogen and oxygen atoms in total. The summed E-state index contributed by atoms with van der Waals surface area (Å²) in [5.74, 6) is -0.118. The number of esters is 2. The van der Waals surface area contributed by atoms with Crippen LogP contribution in [0.2, 0.25) is 0 Å². The van der Waals surface area contributed by atoms with E-state index in [1.165, 1.54) is 14.0 Å². The van der Waals surface area contributed by atoms with Gasteiger partial charge in [0.15, 0.2) is 0 Å². The van der Waals surface area contributed by atoms with Gasteiger partial charge in [-0.25, -0.2) is 4.79 Å². The molecule has 0 aliphatic heterocycles. The highest BCUT2D eigenvalue weighted by Crippen LogP contribution is 2.24. The maximum absolute atomic E-state index is 11.8. The van der Waals surface area contributed by atoms with Crippen LogP contribution in [0, 0.1) is 0 Å². The van der Waals surface area contributed by atoms with Gasteiger partial charge in [-0.1, -0.05) is 18.2 Å². The Bertz CT molecular complexity index is 700. The first kappa shape index (κ1) is 17.3.